The lowest BCUT2D eigenvalue weighted by Crippen LogP contribution is -2.32. The molecule has 196 valence electrons. The number of pyridine rings is 1. The molecule has 1 amide bonds. The van der Waals surface area contributed by atoms with Gasteiger partial charge >= 0.3 is 6.18 Å². The molecule has 1 atom stereocenters. The highest BCUT2D eigenvalue weighted by Crippen LogP contribution is 2.35. The second kappa shape index (κ2) is 10.1. The third-order valence-electron chi connectivity index (χ3n) is 6.95. The van der Waals surface area contributed by atoms with E-state index in [-0.39, 0.29) is 17.5 Å². The predicted molar refractivity (Wildman–Crippen MR) is 138 cm³/mol. The molecular formula is C28H32F3N5O. The van der Waals surface area contributed by atoms with Crippen molar-refractivity contribution < 1.29 is 18.0 Å². The van der Waals surface area contributed by atoms with Gasteiger partial charge in [0, 0.05) is 31.4 Å². The molecule has 1 aliphatic rings. The molecule has 0 saturated heterocycles. The molecule has 9 heteroatoms. The van der Waals surface area contributed by atoms with E-state index in [1.165, 1.54) is 13.0 Å². The average molecular weight is 512 g/mol. The van der Waals surface area contributed by atoms with Gasteiger partial charge in [-0.25, -0.2) is 4.98 Å². The van der Waals surface area contributed by atoms with E-state index in [2.05, 4.69) is 18.4 Å². The molecule has 3 heterocycles. The molecule has 37 heavy (non-hydrogen) atoms. The van der Waals surface area contributed by atoms with Crippen LogP contribution in [0.3, 0.4) is 0 Å². The molecule has 0 aliphatic carbocycles. The fourth-order valence-corrected chi connectivity index (χ4v) is 5.04. The van der Waals surface area contributed by atoms with E-state index in [4.69, 9.17) is 15.0 Å². The van der Waals surface area contributed by atoms with Crippen LogP contribution in [0.2, 0.25) is 0 Å². The zero-order valence-electron chi connectivity index (χ0n) is 22.0. The lowest BCUT2D eigenvalue weighted by atomic mass is 9.97. The van der Waals surface area contributed by atoms with Crippen molar-refractivity contribution in [2.45, 2.75) is 66.2 Å². The predicted octanol–water partition coefficient (Wildman–Crippen LogP) is 5.95. The molecule has 1 aromatic carbocycles. The Balaban J connectivity index is 1.88. The molecule has 0 saturated carbocycles. The second-order valence-corrected chi connectivity index (χ2v) is 9.80. The van der Waals surface area contributed by atoms with Crippen molar-refractivity contribution in [1.29, 1.82) is 0 Å². The van der Waals surface area contributed by atoms with E-state index in [1.807, 2.05) is 25.3 Å². The normalized spacial score (nSPS) is 15.9. The summed E-state index contributed by atoms with van der Waals surface area (Å²) in [6, 6.07) is 5.75. The Hall–Kier alpha value is -3.49. The molecular weight excluding hydrogens is 479 g/mol. The number of carbonyl (C=O) groups excluding carboxylic acids is 1. The van der Waals surface area contributed by atoms with Crippen LogP contribution in [0.15, 0.2) is 41.5 Å². The van der Waals surface area contributed by atoms with Crippen LogP contribution >= 0.6 is 0 Å². The number of amides is 1. The van der Waals surface area contributed by atoms with E-state index < -0.39 is 17.8 Å². The molecule has 0 radical (unpaired) electrons. The van der Waals surface area contributed by atoms with Crippen molar-refractivity contribution in [2.24, 2.45) is 4.99 Å². The van der Waals surface area contributed by atoms with Crippen LogP contribution in [0.25, 0.3) is 16.5 Å². The lowest BCUT2D eigenvalue weighted by molar-refractivity contribution is -0.138. The summed E-state index contributed by atoms with van der Waals surface area (Å²) in [5, 5.41) is 0.788. The Kier molecular flexibility index (Phi) is 7.26. The van der Waals surface area contributed by atoms with Gasteiger partial charge in [0.25, 0.3) is 0 Å². The van der Waals surface area contributed by atoms with Crippen LogP contribution in [0.5, 0.6) is 0 Å². The number of alkyl halides is 3. The Bertz CT molecular complexity index is 1450. The smallest absolute Gasteiger partial charge is 0.339 e. The fraction of sp³-hybridized carbons (Fsp3) is 0.429. The standard InChI is InChI=1S/C28H32F3N5O/c1-16(2)36-19(5)34-27(33-18(4)22-8-7-9-24(17(22)3)28(29,30)31)23-14-25(32-15-26(23)36)21-10-12-35(13-11-21)20(6)37/h7-10,14-16,18H,11-13H2,1-6H3/t18-/m1/s1. The molecule has 0 unspecified atom stereocenters. The summed E-state index contributed by atoms with van der Waals surface area (Å²) in [6.07, 6.45) is 0.0936. The highest BCUT2D eigenvalue weighted by Gasteiger charge is 2.33. The van der Waals surface area contributed by atoms with E-state index in [0.717, 1.165) is 34.1 Å². The number of halogens is 3. The number of hydrogen-bond donors (Lipinski definition) is 0. The van der Waals surface area contributed by atoms with Gasteiger partial charge in [0.05, 0.1) is 29.0 Å². The third-order valence-corrected chi connectivity index (χ3v) is 6.95. The van der Waals surface area contributed by atoms with Gasteiger partial charge in [-0.1, -0.05) is 18.2 Å². The number of aromatic nitrogens is 3. The van der Waals surface area contributed by atoms with Gasteiger partial charge in [-0.2, -0.15) is 13.2 Å². The van der Waals surface area contributed by atoms with Crippen LogP contribution < -0.4 is 5.49 Å². The van der Waals surface area contributed by atoms with Crippen molar-refractivity contribution in [3.05, 3.63) is 70.2 Å². The van der Waals surface area contributed by atoms with Gasteiger partial charge in [-0.15, -0.1) is 0 Å². The van der Waals surface area contributed by atoms with Crippen molar-refractivity contribution in [3.63, 3.8) is 0 Å². The van der Waals surface area contributed by atoms with Crippen LogP contribution in [-0.2, 0) is 11.0 Å². The number of aryl methyl sites for hydroxylation is 1. The van der Waals surface area contributed by atoms with Gasteiger partial charge in [0.15, 0.2) is 5.49 Å². The largest absolute Gasteiger partial charge is 0.416 e. The number of hydrogen-bond acceptors (Lipinski definition) is 4. The summed E-state index contributed by atoms with van der Waals surface area (Å²) in [5.41, 5.74) is 3.20. The van der Waals surface area contributed by atoms with Crippen LogP contribution in [0, 0.1) is 13.8 Å². The molecule has 3 aromatic rings. The first-order valence-corrected chi connectivity index (χ1v) is 12.4. The van der Waals surface area contributed by atoms with E-state index in [0.29, 0.717) is 30.6 Å². The average Bonchev–Trinajstić information content (AvgIpc) is 2.83. The minimum Gasteiger partial charge on any atom is -0.339 e. The van der Waals surface area contributed by atoms with Gasteiger partial charge in [-0.3, -0.25) is 14.8 Å². The van der Waals surface area contributed by atoms with Gasteiger partial charge in [0.1, 0.15) is 5.82 Å². The highest BCUT2D eigenvalue weighted by atomic mass is 19.4. The first-order chi connectivity index (χ1) is 17.4. The maximum Gasteiger partial charge on any atom is 0.416 e. The van der Waals surface area contributed by atoms with E-state index in [1.54, 1.807) is 24.8 Å². The minimum absolute atomic E-state index is 0.0411. The topological polar surface area (TPSA) is 63.4 Å². The molecule has 4 rings (SSSR count). The minimum atomic E-state index is -4.43. The third kappa shape index (κ3) is 5.31. The van der Waals surface area contributed by atoms with Crippen LogP contribution in [-0.4, -0.2) is 38.4 Å². The number of fused-ring (bicyclic) bond motifs is 1. The van der Waals surface area contributed by atoms with Crippen molar-refractivity contribution >= 4 is 22.4 Å². The molecule has 6 nitrogen and oxygen atoms in total. The first-order valence-electron chi connectivity index (χ1n) is 12.4. The zero-order valence-corrected chi connectivity index (χ0v) is 22.0. The van der Waals surface area contributed by atoms with E-state index >= 15 is 0 Å². The monoisotopic (exact) mass is 511 g/mol. The number of carbonyl (C=O) groups is 1. The van der Waals surface area contributed by atoms with Crippen molar-refractivity contribution in [1.82, 2.24) is 19.4 Å². The Labute approximate surface area is 214 Å². The van der Waals surface area contributed by atoms with Crippen molar-refractivity contribution in [3.8, 4) is 0 Å². The molecule has 2 aromatic heterocycles. The molecule has 0 fully saturated rings. The Morgan fingerprint density at radius 3 is 2.49 bits per heavy atom. The van der Waals surface area contributed by atoms with Gasteiger partial charge in [-0.05, 0) is 69.9 Å². The van der Waals surface area contributed by atoms with Crippen LogP contribution in [0.4, 0.5) is 13.2 Å². The fourth-order valence-electron chi connectivity index (χ4n) is 5.04. The number of nitrogens with zero attached hydrogens (tertiary/aromatic N) is 5. The quantitative estimate of drug-likeness (QED) is 0.435. The molecule has 0 N–H and O–H groups in total. The summed E-state index contributed by atoms with van der Waals surface area (Å²) in [6.45, 7) is 12.0. The summed E-state index contributed by atoms with van der Waals surface area (Å²) in [4.78, 5) is 27.8. The van der Waals surface area contributed by atoms with Crippen LogP contribution in [0.1, 0.15) is 74.4 Å². The maximum atomic E-state index is 13.5. The zero-order chi connectivity index (χ0) is 27.1. The second-order valence-electron chi connectivity index (χ2n) is 9.80. The molecule has 0 bridgehead atoms. The maximum absolute atomic E-state index is 13.5. The molecule has 1 aliphatic heterocycles. The summed E-state index contributed by atoms with van der Waals surface area (Å²) < 4.78 is 42.6. The van der Waals surface area contributed by atoms with Gasteiger partial charge < -0.3 is 9.47 Å². The van der Waals surface area contributed by atoms with Gasteiger partial charge in [0.2, 0.25) is 5.91 Å². The van der Waals surface area contributed by atoms with Crippen molar-refractivity contribution in [2.75, 3.05) is 13.1 Å². The highest BCUT2D eigenvalue weighted by molar-refractivity contribution is 5.82. The summed E-state index contributed by atoms with van der Waals surface area (Å²) in [7, 11) is 0. The summed E-state index contributed by atoms with van der Waals surface area (Å²) >= 11 is 0. The SMILES string of the molecule is CC(=O)N1CC=C(c2cc3c(=N[C@H](C)c4cccc(C(F)(F)F)c4C)nc(C)n(C(C)C)c3cn2)CC1. The Morgan fingerprint density at radius 1 is 1.16 bits per heavy atom. The van der Waals surface area contributed by atoms with E-state index in [9.17, 15) is 18.0 Å². The lowest BCUT2D eigenvalue weighted by Gasteiger charge is -2.25. The summed E-state index contributed by atoms with van der Waals surface area (Å²) in [5.74, 6) is 0.789. The number of benzene rings is 1. The first kappa shape index (κ1) is 26.6. The molecule has 0 spiro atoms. The Morgan fingerprint density at radius 2 is 1.89 bits per heavy atom. The number of rotatable bonds is 4.